The maximum absolute atomic E-state index is 10.2. The molecule has 0 bridgehead atoms. The largest absolute Gasteiger partial charge is 0.301 e. The lowest BCUT2D eigenvalue weighted by molar-refractivity contribution is 0.130. The Kier molecular flexibility index (Phi) is 7.47. The minimum absolute atomic E-state index is 0.583. The van der Waals surface area contributed by atoms with Gasteiger partial charge >= 0.3 is 0 Å². The molecule has 1 saturated heterocycles. The summed E-state index contributed by atoms with van der Waals surface area (Å²) in [6, 6.07) is 10.8. The van der Waals surface area contributed by atoms with Crippen molar-refractivity contribution in [3.05, 3.63) is 35.9 Å². The third kappa shape index (κ3) is 6.40. The van der Waals surface area contributed by atoms with E-state index >= 15 is 0 Å². The number of hydrogen-bond acceptors (Lipinski definition) is 3. The minimum atomic E-state index is 0.583. The summed E-state index contributed by atoms with van der Waals surface area (Å²) in [5.41, 5.74) is 1.45. The molecule has 1 aliphatic heterocycles. The molecule has 1 fully saturated rings. The lowest BCUT2D eigenvalue weighted by Gasteiger charge is -2.34. The monoisotopic (exact) mass is 287 g/mol. The predicted octanol–water partition coefficient (Wildman–Crippen LogP) is 2.52. The molecule has 0 N–H and O–H groups in total. The van der Waals surface area contributed by atoms with Crippen molar-refractivity contribution in [3.63, 3.8) is 0 Å². The summed E-state index contributed by atoms with van der Waals surface area (Å²) in [5, 5.41) is 0. The van der Waals surface area contributed by atoms with Crippen molar-refractivity contribution in [2.24, 2.45) is 0 Å². The van der Waals surface area contributed by atoms with Crippen molar-refractivity contribution in [1.29, 1.82) is 0 Å². The maximum atomic E-state index is 10.2. The first-order valence-corrected chi connectivity index (χ1v) is 8.22. The highest BCUT2D eigenvalue weighted by Gasteiger charge is 2.15. The lowest BCUT2D eigenvalue weighted by atomic mass is 10.1. The molecule has 0 aromatic heterocycles. The van der Waals surface area contributed by atoms with Crippen LogP contribution in [-0.4, -0.2) is 55.4 Å². The van der Waals surface area contributed by atoms with Crippen LogP contribution in [0.3, 0.4) is 0 Å². The molecule has 0 saturated carbocycles. The molecule has 3 heteroatoms. The average molecular weight is 287 g/mol. The number of benzene rings is 1. The second kappa shape index (κ2) is 9.69. The molecule has 0 unspecified atom stereocenters. The minimum Gasteiger partial charge on any atom is -0.301 e. The molecule has 2 rings (SSSR count). The predicted molar refractivity (Wildman–Crippen MR) is 87.2 cm³/mol. The van der Waals surface area contributed by atoms with E-state index in [0.29, 0.717) is 6.42 Å². The van der Waals surface area contributed by atoms with E-state index in [0.717, 1.165) is 26.1 Å². The summed E-state index contributed by atoms with van der Waals surface area (Å²) in [6.45, 7) is 6.93. The fourth-order valence-electron chi connectivity index (χ4n) is 2.92. The molecule has 0 atom stereocenters. The highest BCUT2D eigenvalue weighted by Crippen LogP contribution is 2.08. The first kappa shape index (κ1) is 16.2. The van der Waals surface area contributed by atoms with Crippen molar-refractivity contribution in [2.45, 2.75) is 32.1 Å². The number of aryl methyl sites for hydroxylation is 1. The first-order valence-electron chi connectivity index (χ1n) is 8.22. The number of nitrogens with zero attached hydrogens (tertiary/aromatic N) is 2. The van der Waals surface area contributed by atoms with E-state index in [9.17, 15) is 4.79 Å². The van der Waals surface area contributed by atoms with Crippen LogP contribution in [-0.2, 0) is 11.2 Å². The molecule has 1 aromatic rings. The third-order valence-corrected chi connectivity index (χ3v) is 4.25. The Balaban J connectivity index is 1.52. The van der Waals surface area contributed by atoms with Gasteiger partial charge in [-0.2, -0.15) is 0 Å². The zero-order valence-corrected chi connectivity index (χ0v) is 13.0. The molecular weight excluding hydrogens is 260 g/mol. The fraction of sp³-hybridized carbons (Fsp3) is 0.611. The van der Waals surface area contributed by atoms with Gasteiger partial charge in [-0.1, -0.05) is 30.3 Å². The molecule has 0 aliphatic carbocycles. The molecule has 1 radical (unpaired) electrons. The van der Waals surface area contributed by atoms with Crippen molar-refractivity contribution in [2.75, 3.05) is 39.3 Å². The van der Waals surface area contributed by atoms with Gasteiger partial charge in [0, 0.05) is 32.6 Å². The van der Waals surface area contributed by atoms with Crippen LogP contribution in [0.25, 0.3) is 0 Å². The van der Waals surface area contributed by atoms with Gasteiger partial charge in [-0.05, 0) is 44.3 Å². The summed E-state index contributed by atoms with van der Waals surface area (Å²) < 4.78 is 0. The topological polar surface area (TPSA) is 23.6 Å². The molecule has 1 aliphatic rings. The normalized spacial score (nSPS) is 17.0. The second-order valence-corrected chi connectivity index (χ2v) is 5.87. The number of hydrogen-bond donors (Lipinski definition) is 0. The van der Waals surface area contributed by atoms with Gasteiger partial charge in [0.2, 0.25) is 0 Å². The van der Waals surface area contributed by atoms with Crippen LogP contribution in [0.1, 0.15) is 31.2 Å². The second-order valence-electron chi connectivity index (χ2n) is 5.87. The Morgan fingerprint density at radius 1 is 0.857 bits per heavy atom. The smallest absolute Gasteiger partial charge is 0.198 e. The molecule has 115 valence electrons. The number of carbonyl (C=O) groups excluding carboxylic acids is 1. The van der Waals surface area contributed by atoms with Crippen LogP contribution in [0.2, 0.25) is 0 Å². The summed E-state index contributed by atoms with van der Waals surface area (Å²) >= 11 is 0. The number of rotatable bonds is 9. The van der Waals surface area contributed by atoms with Crippen LogP contribution < -0.4 is 0 Å². The van der Waals surface area contributed by atoms with E-state index in [-0.39, 0.29) is 0 Å². The Morgan fingerprint density at radius 3 is 2.10 bits per heavy atom. The van der Waals surface area contributed by atoms with E-state index < -0.39 is 0 Å². The van der Waals surface area contributed by atoms with E-state index in [1.807, 2.05) is 6.29 Å². The van der Waals surface area contributed by atoms with Gasteiger partial charge in [-0.3, -0.25) is 4.79 Å². The third-order valence-electron chi connectivity index (χ3n) is 4.25. The quantitative estimate of drug-likeness (QED) is 0.652. The average Bonchev–Trinajstić information content (AvgIpc) is 2.54. The lowest BCUT2D eigenvalue weighted by Crippen LogP contribution is -2.46. The zero-order chi connectivity index (χ0) is 14.8. The Bertz CT molecular complexity index is 385. The van der Waals surface area contributed by atoms with E-state index in [4.69, 9.17) is 0 Å². The number of unbranched alkanes of at least 4 members (excludes halogenated alkanes) is 2. The van der Waals surface area contributed by atoms with E-state index in [2.05, 4.69) is 40.1 Å². The van der Waals surface area contributed by atoms with Crippen molar-refractivity contribution in [3.8, 4) is 0 Å². The molecule has 21 heavy (non-hydrogen) atoms. The van der Waals surface area contributed by atoms with Gasteiger partial charge in [0.25, 0.3) is 0 Å². The van der Waals surface area contributed by atoms with E-state index in [1.165, 1.54) is 44.5 Å². The Morgan fingerprint density at radius 2 is 1.48 bits per heavy atom. The Hall–Kier alpha value is -1.19. The van der Waals surface area contributed by atoms with Crippen molar-refractivity contribution >= 4 is 6.29 Å². The summed E-state index contributed by atoms with van der Waals surface area (Å²) in [7, 11) is 0. The van der Waals surface area contributed by atoms with E-state index in [1.54, 1.807) is 0 Å². The zero-order valence-electron chi connectivity index (χ0n) is 13.0. The van der Waals surface area contributed by atoms with Gasteiger partial charge in [-0.15, -0.1) is 0 Å². The summed E-state index contributed by atoms with van der Waals surface area (Å²) in [4.78, 5) is 15.2. The molecule has 1 aromatic carbocycles. The summed E-state index contributed by atoms with van der Waals surface area (Å²) in [6.07, 6.45) is 7.28. The van der Waals surface area contributed by atoms with Gasteiger partial charge in [0.15, 0.2) is 6.29 Å². The molecule has 1 heterocycles. The van der Waals surface area contributed by atoms with Crippen LogP contribution in [0, 0.1) is 0 Å². The van der Waals surface area contributed by atoms with Crippen LogP contribution in [0.15, 0.2) is 30.3 Å². The molecule has 0 amide bonds. The van der Waals surface area contributed by atoms with Crippen LogP contribution >= 0.6 is 0 Å². The van der Waals surface area contributed by atoms with Gasteiger partial charge in [0.1, 0.15) is 0 Å². The van der Waals surface area contributed by atoms with Crippen LogP contribution in [0.4, 0.5) is 0 Å². The standard InChI is InChI=1S/C18H27N2O/c21-17-7-6-12-20-15-13-19(14-16-20)11-5-4-10-18-8-2-1-3-9-18/h1-3,8-9H,4-7,10-16H2. The number of piperazine rings is 1. The first-order chi connectivity index (χ1) is 10.4. The van der Waals surface area contributed by atoms with Crippen LogP contribution in [0.5, 0.6) is 0 Å². The fourth-order valence-corrected chi connectivity index (χ4v) is 2.92. The maximum Gasteiger partial charge on any atom is 0.198 e. The van der Waals surface area contributed by atoms with Crippen molar-refractivity contribution in [1.82, 2.24) is 9.80 Å². The van der Waals surface area contributed by atoms with Gasteiger partial charge < -0.3 is 9.80 Å². The highest BCUT2D eigenvalue weighted by molar-refractivity contribution is 5.50. The summed E-state index contributed by atoms with van der Waals surface area (Å²) in [5.74, 6) is 0. The van der Waals surface area contributed by atoms with Gasteiger partial charge in [0.05, 0.1) is 0 Å². The van der Waals surface area contributed by atoms with Gasteiger partial charge in [-0.25, -0.2) is 0 Å². The van der Waals surface area contributed by atoms with Crippen molar-refractivity contribution < 1.29 is 4.79 Å². The highest BCUT2D eigenvalue weighted by atomic mass is 16.1. The SMILES string of the molecule is O=[C]CCCN1CCN(CCCCc2ccccc2)CC1. The Labute approximate surface area is 128 Å². The molecule has 0 spiro atoms. The molecule has 3 nitrogen and oxygen atoms in total. The molecular formula is C18H27N2O.